The minimum atomic E-state index is -0.0548. The highest BCUT2D eigenvalue weighted by molar-refractivity contribution is 5.35. The van der Waals surface area contributed by atoms with Crippen LogP contribution in [0.15, 0.2) is 24.4 Å². The first-order valence-electron chi connectivity index (χ1n) is 7.25. The number of hydrogen-bond acceptors (Lipinski definition) is 2. The number of aromatic amines is 1. The van der Waals surface area contributed by atoms with Crippen LogP contribution in [-0.2, 0) is 12.8 Å². The van der Waals surface area contributed by atoms with E-state index in [0.29, 0.717) is 6.04 Å². The predicted molar refractivity (Wildman–Crippen MR) is 77.1 cm³/mol. The summed E-state index contributed by atoms with van der Waals surface area (Å²) in [5.74, 6) is -0.0548. The number of nitrogens with one attached hydrogen (secondary N) is 2. The normalized spacial score (nSPS) is 17.4. The zero-order chi connectivity index (χ0) is 13.9. The van der Waals surface area contributed by atoms with Crippen molar-refractivity contribution >= 4 is 0 Å². The summed E-state index contributed by atoms with van der Waals surface area (Å²) >= 11 is 0. The molecule has 1 aromatic carbocycles. The number of aromatic nitrogens is 2. The first-order chi connectivity index (χ1) is 9.75. The Bertz CT molecular complexity index is 591. The Morgan fingerprint density at radius 1 is 1.45 bits per heavy atom. The summed E-state index contributed by atoms with van der Waals surface area (Å²) < 4.78 is 13.6. The van der Waals surface area contributed by atoms with Crippen LogP contribution in [0.1, 0.15) is 41.3 Å². The molecule has 0 saturated carbocycles. The molecule has 3 nitrogen and oxygen atoms in total. The van der Waals surface area contributed by atoms with Gasteiger partial charge in [-0.05, 0) is 61.9 Å². The van der Waals surface area contributed by atoms with Crippen LogP contribution in [0, 0.1) is 12.7 Å². The molecule has 1 aromatic heterocycles. The van der Waals surface area contributed by atoms with Gasteiger partial charge in [0.2, 0.25) is 0 Å². The maximum absolute atomic E-state index is 13.6. The van der Waals surface area contributed by atoms with E-state index in [1.165, 1.54) is 5.56 Å². The second-order valence-electron chi connectivity index (χ2n) is 5.48. The molecule has 1 aliphatic rings. The molecule has 1 unspecified atom stereocenters. The molecule has 0 amide bonds. The lowest BCUT2D eigenvalue weighted by Crippen LogP contribution is -2.20. The fourth-order valence-electron chi connectivity index (χ4n) is 3.00. The van der Waals surface area contributed by atoms with Crippen molar-refractivity contribution in [3.63, 3.8) is 0 Å². The second kappa shape index (κ2) is 5.75. The molecule has 0 saturated heterocycles. The third kappa shape index (κ3) is 2.61. The highest BCUT2D eigenvalue weighted by atomic mass is 19.1. The quantitative estimate of drug-likeness (QED) is 0.822. The lowest BCUT2D eigenvalue weighted by atomic mass is 10.1. The highest BCUT2D eigenvalue weighted by Crippen LogP contribution is 2.32. The van der Waals surface area contributed by atoms with E-state index >= 15 is 0 Å². The summed E-state index contributed by atoms with van der Waals surface area (Å²) in [6.07, 6.45) is 5.84. The topological polar surface area (TPSA) is 40.7 Å². The molecule has 1 heterocycles. The number of nitrogens with zero attached hydrogens (tertiary/aromatic N) is 1. The molecule has 1 aliphatic carbocycles. The van der Waals surface area contributed by atoms with Crippen molar-refractivity contribution in [3.05, 3.63) is 52.6 Å². The number of benzene rings is 1. The monoisotopic (exact) mass is 273 g/mol. The Hall–Kier alpha value is -1.68. The van der Waals surface area contributed by atoms with Gasteiger partial charge in [0.05, 0.1) is 6.20 Å². The second-order valence-corrected chi connectivity index (χ2v) is 5.48. The van der Waals surface area contributed by atoms with Crippen LogP contribution in [0.25, 0.3) is 0 Å². The van der Waals surface area contributed by atoms with Gasteiger partial charge < -0.3 is 5.32 Å². The van der Waals surface area contributed by atoms with Crippen molar-refractivity contribution in [1.29, 1.82) is 0 Å². The summed E-state index contributed by atoms with van der Waals surface area (Å²) in [7, 11) is 0. The minimum absolute atomic E-state index is 0.0548. The first kappa shape index (κ1) is 13.3. The van der Waals surface area contributed by atoms with Crippen LogP contribution < -0.4 is 5.32 Å². The summed E-state index contributed by atoms with van der Waals surface area (Å²) in [5, 5.41) is 10.5. The molecule has 0 aliphatic heterocycles. The molecular formula is C16H20FN3. The average Bonchev–Trinajstić information content (AvgIpc) is 3.03. The molecule has 0 radical (unpaired) electrons. The molecule has 2 aromatic rings. The largest absolute Gasteiger partial charge is 0.310 e. The Labute approximate surface area is 118 Å². The van der Waals surface area contributed by atoms with E-state index in [2.05, 4.69) is 15.5 Å². The SMILES string of the molecule is Cc1[nH]ncc1CCCNC1CCc2c(F)cccc21. The van der Waals surface area contributed by atoms with Crippen LogP contribution in [0.2, 0.25) is 0 Å². The fourth-order valence-corrected chi connectivity index (χ4v) is 3.00. The Kier molecular flexibility index (Phi) is 3.83. The van der Waals surface area contributed by atoms with Gasteiger partial charge in [0.15, 0.2) is 0 Å². The van der Waals surface area contributed by atoms with Crippen LogP contribution in [0.4, 0.5) is 4.39 Å². The van der Waals surface area contributed by atoms with Gasteiger partial charge in [-0.3, -0.25) is 5.10 Å². The predicted octanol–water partition coefficient (Wildman–Crippen LogP) is 3.07. The van der Waals surface area contributed by atoms with E-state index in [1.54, 1.807) is 6.07 Å². The zero-order valence-electron chi connectivity index (χ0n) is 11.7. The van der Waals surface area contributed by atoms with E-state index in [4.69, 9.17) is 0 Å². The first-order valence-corrected chi connectivity index (χ1v) is 7.25. The number of aryl methyl sites for hydroxylation is 2. The molecule has 0 bridgehead atoms. The van der Waals surface area contributed by atoms with Crippen molar-refractivity contribution in [2.24, 2.45) is 0 Å². The van der Waals surface area contributed by atoms with Crippen LogP contribution in [-0.4, -0.2) is 16.7 Å². The van der Waals surface area contributed by atoms with Gasteiger partial charge in [0.1, 0.15) is 5.82 Å². The summed E-state index contributed by atoms with van der Waals surface area (Å²) in [5.41, 5.74) is 4.48. The summed E-state index contributed by atoms with van der Waals surface area (Å²) in [4.78, 5) is 0. The Morgan fingerprint density at radius 3 is 3.15 bits per heavy atom. The summed E-state index contributed by atoms with van der Waals surface area (Å²) in [6.45, 7) is 3.00. The van der Waals surface area contributed by atoms with Crippen molar-refractivity contribution in [2.75, 3.05) is 6.54 Å². The van der Waals surface area contributed by atoms with Crippen molar-refractivity contribution < 1.29 is 4.39 Å². The van der Waals surface area contributed by atoms with Crippen LogP contribution >= 0.6 is 0 Å². The van der Waals surface area contributed by atoms with Crippen LogP contribution in [0.3, 0.4) is 0 Å². The molecule has 20 heavy (non-hydrogen) atoms. The van der Waals surface area contributed by atoms with Gasteiger partial charge in [-0.1, -0.05) is 12.1 Å². The fraction of sp³-hybridized carbons (Fsp3) is 0.438. The minimum Gasteiger partial charge on any atom is -0.310 e. The van der Waals surface area contributed by atoms with Gasteiger partial charge in [0, 0.05) is 11.7 Å². The number of halogens is 1. The third-order valence-electron chi connectivity index (χ3n) is 4.16. The molecule has 2 N–H and O–H groups in total. The van der Waals surface area contributed by atoms with Crippen molar-refractivity contribution in [3.8, 4) is 0 Å². The van der Waals surface area contributed by atoms with Gasteiger partial charge in [-0.15, -0.1) is 0 Å². The molecule has 1 atom stereocenters. The summed E-state index contributed by atoms with van der Waals surface area (Å²) in [6, 6.07) is 5.72. The number of rotatable bonds is 5. The lowest BCUT2D eigenvalue weighted by molar-refractivity contribution is 0.520. The Balaban J connectivity index is 1.51. The molecule has 4 heteroatoms. The van der Waals surface area contributed by atoms with E-state index < -0.39 is 0 Å². The molecule has 106 valence electrons. The Morgan fingerprint density at radius 2 is 2.35 bits per heavy atom. The zero-order valence-corrected chi connectivity index (χ0v) is 11.7. The number of fused-ring (bicyclic) bond motifs is 1. The van der Waals surface area contributed by atoms with E-state index in [0.717, 1.165) is 49.0 Å². The van der Waals surface area contributed by atoms with Crippen LogP contribution in [0.5, 0.6) is 0 Å². The number of H-pyrrole nitrogens is 1. The molecule has 0 fully saturated rings. The van der Waals surface area contributed by atoms with E-state index in [-0.39, 0.29) is 5.82 Å². The van der Waals surface area contributed by atoms with Gasteiger partial charge >= 0.3 is 0 Å². The van der Waals surface area contributed by atoms with Gasteiger partial charge in [0.25, 0.3) is 0 Å². The molecular weight excluding hydrogens is 253 g/mol. The standard InChI is InChI=1S/C16H20FN3/c1-11-12(10-19-20-11)4-3-9-18-16-8-7-13-14(16)5-2-6-15(13)17/h2,5-6,10,16,18H,3-4,7-9H2,1H3,(H,19,20). The number of hydrogen-bond donors (Lipinski definition) is 2. The average molecular weight is 273 g/mol. The van der Waals surface area contributed by atoms with Gasteiger partial charge in [-0.25, -0.2) is 4.39 Å². The maximum atomic E-state index is 13.6. The smallest absolute Gasteiger partial charge is 0.126 e. The van der Waals surface area contributed by atoms with Gasteiger partial charge in [-0.2, -0.15) is 5.10 Å². The molecule has 3 rings (SSSR count). The molecule has 0 spiro atoms. The third-order valence-corrected chi connectivity index (χ3v) is 4.16. The highest BCUT2D eigenvalue weighted by Gasteiger charge is 2.23. The van der Waals surface area contributed by atoms with Crippen molar-refractivity contribution in [2.45, 2.75) is 38.6 Å². The van der Waals surface area contributed by atoms with Crippen molar-refractivity contribution in [1.82, 2.24) is 15.5 Å². The maximum Gasteiger partial charge on any atom is 0.126 e. The van der Waals surface area contributed by atoms with E-state index in [9.17, 15) is 4.39 Å². The lowest BCUT2D eigenvalue weighted by Gasteiger charge is -2.14. The van der Waals surface area contributed by atoms with E-state index in [1.807, 2.05) is 25.3 Å².